The van der Waals surface area contributed by atoms with Gasteiger partial charge < -0.3 is 25.6 Å². The fourth-order valence-electron chi connectivity index (χ4n) is 3.51. The SMILES string of the molecule is CC(C)(C)OC(=O)N1CCN(c2cccc(NCc3ccc(Cl)cc3)c2CN)CC1. The quantitative estimate of drug-likeness (QED) is 0.732. The van der Waals surface area contributed by atoms with Crippen molar-refractivity contribution in [2.45, 2.75) is 39.5 Å². The number of anilines is 2. The Morgan fingerprint density at radius 1 is 1.10 bits per heavy atom. The smallest absolute Gasteiger partial charge is 0.410 e. The van der Waals surface area contributed by atoms with Crippen molar-refractivity contribution in [2.75, 3.05) is 36.4 Å². The lowest BCUT2D eigenvalue weighted by Crippen LogP contribution is -2.50. The third-order valence-corrected chi connectivity index (χ3v) is 5.28. The summed E-state index contributed by atoms with van der Waals surface area (Å²) in [5.41, 5.74) is 10.0. The van der Waals surface area contributed by atoms with Crippen LogP contribution in [0.15, 0.2) is 42.5 Å². The normalized spacial score (nSPS) is 14.6. The molecule has 1 amide bonds. The fourth-order valence-corrected chi connectivity index (χ4v) is 3.63. The summed E-state index contributed by atoms with van der Waals surface area (Å²) in [7, 11) is 0. The molecule has 30 heavy (non-hydrogen) atoms. The molecule has 0 aromatic heterocycles. The molecule has 6 nitrogen and oxygen atoms in total. The van der Waals surface area contributed by atoms with Gasteiger partial charge in [0, 0.05) is 61.2 Å². The van der Waals surface area contributed by atoms with Gasteiger partial charge in [0.15, 0.2) is 0 Å². The van der Waals surface area contributed by atoms with Gasteiger partial charge in [0.1, 0.15) is 5.60 Å². The van der Waals surface area contributed by atoms with Crippen molar-refractivity contribution < 1.29 is 9.53 Å². The second-order valence-electron chi connectivity index (χ2n) is 8.44. The van der Waals surface area contributed by atoms with Crippen LogP contribution in [0.2, 0.25) is 5.02 Å². The fraction of sp³-hybridized carbons (Fsp3) is 0.435. The first-order chi connectivity index (χ1) is 14.3. The van der Waals surface area contributed by atoms with Crippen molar-refractivity contribution in [1.29, 1.82) is 0 Å². The zero-order valence-electron chi connectivity index (χ0n) is 18.0. The summed E-state index contributed by atoms with van der Waals surface area (Å²) in [6.07, 6.45) is -0.250. The molecule has 1 aliphatic heterocycles. The van der Waals surface area contributed by atoms with Crippen LogP contribution in [-0.2, 0) is 17.8 Å². The maximum absolute atomic E-state index is 12.3. The van der Waals surface area contributed by atoms with Gasteiger partial charge >= 0.3 is 6.09 Å². The molecular weight excluding hydrogens is 400 g/mol. The largest absolute Gasteiger partial charge is 0.444 e. The van der Waals surface area contributed by atoms with E-state index in [0.717, 1.165) is 40.6 Å². The number of piperazine rings is 1. The molecule has 1 heterocycles. The van der Waals surface area contributed by atoms with Crippen LogP contribution in [0.25, 0.3) is 0 Å². The molecule has 1 aliphatic rings. The number of carbonyl (C=O) groups excluding carboxylic acids is 1. The zero-order chi connectivity index (χ0) is 21.7. The molecule has 3 rings (SSSR count). The lowest BCUT2D eigenvalue weighted by atomic mass is 10.1. The molecule has 0 saturated carbocycles. The van der Waals surface area contributed by atoms with E-state index in [9.17, 15) is 4.79 Å². The van der Waals surface area contributed by atoms with Gasteiger partial charge in [-0.05, 0) is 50.6 Å². The van der Waals surface area contributed by atoms with E-state index < -0.39 is 5.60 Å². The minimum absolute atomic E-state index is 0.250. The van der Waals surface area contributed by atoms with Crippen LogP contribution in [0.1, 0.15) is 31.9 Å². The lowest BCUT2D eigenvalue weighted by Gasteiger charge is -2.37. The Bertz CT molecular complexity index is 856. The van der Waals surface area contributed by atoms with Crippen molar-refractivity contribution in [3.05, 3.63) is 58.6 Å². The van der Waals surface area contributed by atoms with Crippen LogP contribution in [0, 0.1) is 0 Å². The zero-order valence-corrected chi connectivity index (χ0v) is 18.7. The number of hydrogen-bond acceptors (Lipinski definition) is 5. The molecule has 0 unspecified atom stereocenters. The maximum Gasteiger partial charge on any atom is 0.410 e. The molecule has 2 aromatic rings. The first-order valence-corrected chi connectivity index (χ1v) is 10.7. The lowest BCUT2D eigenvalue weighted by molar-refractivity contribution is 0.0240. The summed E-state index contributed by atoms with van der Waals surface area (Å²) >= 11 is 5.97. The van der Waals surface area contributed by atoms with E-state index in [0.29, 0.717) is 26.2 Å². The predicted octanol–water partition coefficient (Wildman–Crippen LogP) is 4.47. The number of amides is 1. The van der Waals surface area contributed by atoms with Gasteiger partial charge in [-0.2, -0.15) is 0 Å². The number of nitrogens with two attached hydrogens (primary N) is 1. The number of rotatable bonds is 5. The third kappa shape index (κ3) is 5.80. The van der Waals surface area contributed by atoms with Gasteiger partial charge in [0.25, 0.3) is 0 Å². The standard InChI is InChI=1S/C23H31ClN4O2/c1-23(2,3)30-22(29)28-13-11-27(12-14-28)21-6-4-5-20(19(21)15-25)26-16-17-7-9-18(24)10-8-17/h4-10,26H,11-16,25H2,1-3H3. The number of halogens is 1. The Balaban J connectivity index is 1.66. The van der Waals surface area contributed by atoms with Gasteiger partial charge in [0.2, 0.25) is 0 Å². The van der Waals surface area contributed by atoms with Crippen LogP contribution < -0.4 is 16.0 Å². The topological polar surface area (TPSA) is 70.8 Å². The number of ether oxygens (including phenoxy) is 1. The number of nitrogens with one attached hydrogen (secondary N) is 1. The van der Waals surface area contributed by atoms with E-state index >= 15 is 0 Å². The second-order valence-corrected chi connectivity index (χ2v) is 8.88. The molecular formula is C23H31ClN4O2. The molecule has 0 spiro atoms. The minimum atomic E-state index is -0.481. The molecule has 0 atom stereocenters. The number of benzene rings is 2. The van der Waals surface area contributed by atoms with Crippen molar-refractivity contribution in [3.63, 3.8) is 0 Å². The molecule has 0 radical (unpaired) electrons. The average molecular weight is 431 g/mol. The highest BCUT2D eigenvalue weighted by molar-refractivity contribution is 6.30. The minimum Gasteiger partial charge on any atom is -0.444 e. The summed E-state index contributed by atoms with van der Waals surface area (Å²) in [4.78, 5) is 16.4. The Morgan fingerprint density at radius 3 is 2.37 bits per heavy atom. The first kappa shape index (κ1) is 22.2. The molecule has 1 saturated heterocycles. The predicted molar refractivity (Wildman–Crippen MR) is 123 cm³/mol. The van der Waals surface area contributed by atoms with Crippen molar-refractivity contribution in [2.24, 2.45) is 5.73 Å². The van der Waals surface area contributed by atoms with E-state index in [2.05, 4.69) is 22.3 Å². The van der Waals surface area contributed by atoms with Crippen LogP contribution >= 0.6 is 11.6 Å². The number of carbonyl (C=O) groups is 1. The highest BCUT2D eigenvalue weighted by Gasteiger charge is 2.26. The summed E-state index contributed by atoms with van der Waals surface area (Å²) in [5.74, 6) is 0. The molecule has 162 valence electrons. The molecule has 7 heteroatoms. The molecule has 2 aromatic carbocycles. The third-order valence-electron chi connectivity index (χ3n) is 5.02. The first-order valence-electron chi connectivity index (χ1n) is 10.3. The molecule has 0 bridgehead atoms. The Labute approximate surface area is 183 Å². The van der Waals surface area contributed by atoms with Gasteiger partial charge in [-0.1, -0.05) is 29.8 Å². The van der Waals surface area contributed by atoms with E-state index in [-0.39, 0.29) is 6.09 Å². The van der Waals surface area contributed by atoms with Crippen molar-refractivity contribution in [3.8, 4) is 0 Å². The summed E-state index contributed by atoms with van der Waals surface area (Å²) in [6, 6.07) is 14.0. The van der Waals surface area contributed by atoms with Crippen LogP contribution in [0.4, 0.5) is 16.2 Å². The maximum atomic E-state index is 12.3. The van der Waals surface area contributed by atoms with Gasteiger partial charge in [-0.15, -0.1) is 0 Å². The van der Waals surface area contributed by atoms with E-state index in [1.165, 1.54) is 0 Å². The van der Waals surface area contributed by atoms with Crippen LogP contribution in [-0.4, -0.2) is 42.8 Å². The Hall–Kier alpha value is -2.44. The van der Waals surface area contributed by atoms with E-state index in [1.54, 1.807) is 4.90 Å². The summed E-state index contributed by atoms with van der Waals surface area (Å²) < 4.78 is 5.49. The molecule has 0 aliphatic carbocycles. The van der Waals surface area contributed by atoms with Gasteiger partial charge in [-0.25, -0.2) is 4.79 Å². The van der Waals surface area contributed by atoms with Crippen LogP contribution in [0.3, 0.4) is 0 Å². The summed E-state index contributed by atoms with van der Waals surface area (Å²) in [5, 5.41) is 4.23. The summed E-state index contributed by atoms with van der Waals surface area (Å²) in [6.45, 7) is 9.53. The average Bonchev–Trinajstić information content (AvgIpc) is 2.72. The van der Waals surface area contributed by atoms with Crippen molar-refractivity contribution >= 4 is 29.1 Å². The molecule has 3 N–H and O–H groups in total. The van der Waals surface area contributed by atoms with Gasteiger partial charge in [0.05, 0.1) is 0 Å². The van der Waals surface area contributed by atoms with Crippen molar-refractivity contribution in [1.82, 2.24) is 4.90 Å². The highest BCUT2D eigenvalue weighted by Crippen LogP contribution is 2.29. The van der Waals surface area contributed by atoms with Crippen LogP contribution in [0.5, 0.6) is 0 Å². The van der Waals surface area contributed by atoms with E-state index in [4.69, 9.17) is 22.1 Å². The highest BCUT2D eigenvalue weighted by atomic mass is 35.5. The Kier molecular flexibility index (Phi) is 7.10. The molecule has 1 fully saturated rings. The number of hydrogen-bond donors (Lipinski definition) is 2. The monoisotopic (exact) mass is 430 g/mol. The van der Waals surface area contributed by atoms with E-state index in [1.807, 2.05) is 51.1 Å². The Morgan fingerprint density at radius 2 is 1.77 bits per heavy atom. The van der Waals surface area contributed by atoms with Gasteiger partial charge in [-0.3, -0.25) is 0 Å². The number of nitrogens with zero attached hydrogens (tertiary/aromatic N) is 2. The second kappa shape index (κ2) is 9.58.